The molecule has 6 rings (SSSR count). The van der Waals surface area contributed by atoms with Gasteiger partial charge in [0.15, 0.2) is 0 Å². The van der Waals surface area contributed by atoms with Gasteiger partial charge in [0.1, 0.15) is 11.6 Å². The number of ether oxygens (including phenoxy) is 1. The molecule has 3 aromatic carbocycles. The Morgan fingerprint density at radius 1 is 0.829 bits per heavy atom. The average Bonchev–Trinajstić information content (AvgIpc) is 2.95. The second-order valence-electron chi connectivity index (χ2n) is 12.0. The molecular weight excluding hydrogens is 513 g/mol. The lowest BCUT2D eigenvalue weighted by atomic mass is 9.90. The molecule has 1 saturated carbocycles. The summed E-state index contributed by atoms with van der Waals surface area (Å²) >= 11 is 0. The Labute approximate surface area is 243 Å². The van der Waals surface area contributed by atoms with E-state index in [-0.39, 0.29) is 11.7 Å². The van der Waals surface area contributed by atoms with Crippen molar-refractivity contribution in [3.05, 3.63) is 100 Å². The predicted octanol–water partition coefficient (Wildman–Crippen LogP) is 6.29. The molecule has 0 atom stereocenters. The Bertz CT molecular complexity index is 1320. The van der Waals surface area contributed by atoms with Crippen molar-refractivity contribution in [3.63, 3.8) is 0 Å². The molecule has 41 heavy (non-hydrogen) atoms. The van der Waals surface area contributed by atoms with Gasteiger partial charge < -0.3 is 9.64 Å². The normalized spacial score (nSPS) is 19.5. The van der Waals surface area contributed by atoms with Gasteiger partial charge in [0.05, 0.1) is 6.61 Å². The molecule has 0 unspecified atom stereocenters. The molecule has 1 amide bonds. The number of fused-ring (bicyclic) bond motifs is 3. The molecule has 0 N–H and O–H groups in total. The molecule has 0 spiro atoms. The lowest BCUT2D eigenvalue weighted by molar-refractivity contribution is 0.0628. The number of rotatable bonds is 4. The first-order valence-electron chi connectivity index (χ1n) is 15.4. The van der Waals surface area contributed by atoms with E-state index in [0.717, 1.165) is 74.0 Å². The number of carbonyl (C=O) groups is 1. The minimum absolute atomic E-state index is 0.0820. The highest BCUT2D eigenvalue weighted by molar-refractivity contribution is 5.94. The lowest BCUT2D eigenvalue weighted by Gasteiger charge is -2.38. The Morgan fingerprint density at radius 2 is 1.63 bits per heavy atom. The van der Waals surface area contributed by atoms with E-state index in [9.17, 15) is 9.18 Å². The Balaban J connectivity index is 1.15. The quantitative estimate of drug-likeness (QED) is 0.379. The number of halogens is 1. The number of carbonyl (C=O) groups excluding carboxylic acids is 1. The van der Waals surface area contributed by atoms with Crippen molar-refractivity contribution in [2.75, 3.05) is 39.3 Å². The van der Waals surface area contributed by atoms with Crippen LogP contribution in [-0.2, 0) is 19.5 Å². The summed E-state index contributed by atoms with van der Waals surface area (Å²) in [5.41, 5.74) is 5.54. The van der Waals surface area contributed by atoms with Crippen molar-refractivity contribution >= 4 is 5.91 Å². The number of hydrogen-bond acceptors (Lipinski definition) is 4. The van der Waals surface area contributed by atoms with Crippen LogP contribution in [0.3, 0.4) is 0 Å². The molecule has 2 fully saturated rings. The van der Waals surface area contributed by atoms with Crippen LogP contribution in [0.15, 0.2) is 66.7 Å². The Morgan fingerprint density at radius 3 is 2.41 bits per heavy atom. The summed E-state index contributed by atoms with van der Waals surface area (Å²) in [6, 6.07) is 22.4. The zero-order valence-corrected chi connectivity index (χ0v) is 24.1. The molecule has 6 heteroatoms. The van der Waals surface area contributed by atoms with Gasteiger partial charge in [-0.15, -0.1) is 0 Å². The van der Waals surface area contributed by atoms with Gasteiger partial charge in [0.25, 0.3) is 5.91 Å². The van der Waals surface area contributed by atoms with Gasteiger partial charge in [-0.05, 0) is 91.2 Å². The summed E-state index contributed by atoms with van der Waals surface area (Å²) in [5, 5.41) is 0. The van der Waals surface area contributed by atoms with Crippen molar-refractivity contribution in [3.8, 4) is 5.75 Å². The van der Waals surface area contributed by atoms with E-state index >= 15 is 0 Å². The molecule has 0 radical (unpaired) electrons. The first-order valence-corrected chi connectivity index (χ1v) is 15.4. The topological polar surface area (TPSA) is 36.0 Å². The Kier molecular flexibility index (Phi) is 8.97. The van der Waals surface area contributed by atoms with E-state index in [0.29, 0.717) is 19.7 Å². The highest BCUT2D eigenvalue weighted by Crippen LogP contribution is 2.29. The summed E-state index contributed by atoms with van der Waals surface area (Å²) in [7, 11) is 0. The second kappa shape index (κ2) is 13.2. The molecule has 2 heterocycles. The Hall–Kier alpha value is -3.22. The maximum atomic E-state index is 13.6. The fourth-order valence-electron chi connectivity index (χ4n) is 6.34. The third-order valence-electron chi connectivity index (χ3n) is 9.00. The van der Waals surface area contributed by atoms with Gasteiger partial charge in [0, 0.05) is 57.3 Å². The molecule has 0 aromatic heterocycles. The average molecular weight is 556 g/mol. The highest BCUT2D eigenvalue weighted by atomic mass is 19.1. The maximum Gasteiger partial charge on any atom is 0.253 e. The molecule has 1 saturated heterocycles. The fourth-order valence-corrected chi connectivity index (χ4v) is 6.34. The van der Waals surface area contributed by atoms with Gasteiger partial charge in [-0.3, -0.25) is 14.6 Å². The van der Waals surface area contributed by atoms with Crippen LogP contribution in [0.5, 0.6) is 5.75 Å². The first kappa shape index (κ1) is 27.9. The monoisotopic (exact) mass is 555 g/mol. The van der Waals surface area contributed by atoms with Crippen LogP contribution in [0.4, 0.5) is 4.39 Å². The molecule has 5 nitrogen and oxygen atoms in total. The summed E-state index contributed by atoms with van der Waals surface area (Å²) in [4.78, 5) is 20.6. The van der Waals surface area contributed by atoms with Crippen molar-refractivity contribution < 1.29 is 13.9 Å². The number of piperazine rings is 1. The van der Waals surface area contributed by atoms with Crippen LogP contribution in [0.2, 0.25) is 0 Å². The highest BCUT2D eigenvalue weighted by Gasteiger charge is 2.25. The largest absolute Gasteiger partial charge is 0.493 e. The minimum Gasteiger partial charge on any atom is -0.493 e. The minimum atomic E-state index is -0.211. The van der Waals surface area contributed by atoms with Gasteiger partial charge in [-0.2, -0.15) is 0 Å². The van der Waals surface area contributed by atoms with Crippen molar-refractivity contribution in [1.82, 2.24) is 14.7 Å². The van der Waals surface area contributed by atoms with Gasteiger partial charge >= 0.3 is 0 Å². The molecular formula is C35H42FN3O2. The predicted molar refractivity (Wildman–Crippen MR) is 161 cm³/mol. The van der Waals surface area contributed by atoms with E-state index in [4.69, 9.17) is 4.74 Å². The van der Waals surface area contributed by atoms with Crippen LogP contribution in [0.1, 0.15) is 71.1 Å². The standard InChI is InChI=1S/C35H42FN3O2/c36-32-13-10-27(11-14-32)25-37-17-19-38(20-18-37)35(40)30-12-15-34-31(24-30)23-28-6-4-7-29(22-28)26-39(33-8-5-9-33)16-2-1-3-21-41-34/h4,6-7,10-15,22,24,33H,1-3,5,8-9,16-21,23,25-26H2. The SMILES string of the molecule is O=C(c1ccc2c(c1)Cc1cccc(c1)CN(C1CCC1)CCCCCO2)N1CCN(Cc2ccc(F)cc2)CC1. The zero-order valence-electron chi connectivity index (χ0n) is 24.1. The van der Waals surface area contributed by atoms with Crippen LogP contribution in [0.25, 0.3) is 0 Å². The van der Waals surface area contributed by atoms with Crippen LogP contribution < -0.4 is 4.74 Å². The number of nitrogens with zero attached hydrogens (tertiary/aromatic N) is 3. The van der Waals surface area contributed by atoms with E-state index in [1.54, 1.807) is 0 Å². The maximum absolute atomic E-state index is 13.6. The summed E-state index contributed by atoms with van der Waals surface area (Å²) in [6.45, 7) is 6.66. The van der Waals surface area contributed by atoms with Gasteiger partial charge in [0.2, 0.25) is 0 Å². The second-order valence-corrected chi connectivity index (χ2v) is 12.0. The van der Waals surface area contributed by atoms with E-state index in [1.165, 1.54) is 55.4 Å². The molecule has 3 aliphatic rings. The number of amides is 1. The van der Waals surface area contributed by atoms with Crippen molar-refractivity contribution in [2.45, 2.75) is 64.1 Å². The third kappa shape index (κ3) is 7.17. The van der Waals surface area contributed by atoms with Crippen molar-refractivity contribution in [2.24, 2.45) is 0 Å². The van der Waals surface area contributed by atoms with Crippen LogP contribution >= 0.6 is 0 Å². The van der Waals surface area contributed by atoms with Gasteiger partial charge in [-0.1, -0.05) is 42.8 Å². The zero-order chi connectivity index (χ0) is 28.0. The third-order valence-corrected chi connectivity index (χ3v) is 9.00. The molecule has 216 valence electrons. The van der Waals surface area contributed by atoms with Crippen molar-refractivity contribution in [1.29, 1.82) is 0 Å². The summed E-state index contributed by atoms with van der Waals surface area (Å²) in [5.74, 6) is 0.764. The number of hydrogen-bond donors (Lipinski definition) is 0. The fraction of sp³-hybridized carbons (Fsp3) is 0.457. The molecule has 3 aromatic rings. The van der Waals surface area contributed by atoms with E-state index < -0.39 is 0 Å². The number of benzene rings is 3. The van der Waals surface area contributed by atoms with Crippen LogP contribution in [-0.4, -0.2) is 66.0 Å². The van der Waals surface area contributed by atoms with E-state index in [2.05, 4.69) is 40.1 Å². The van der Waals surface area contributed by atoms with Crippen LogP contribution in [0, 0.1) is 5.82 Å². The first-order chi connectivity index (χ1) is 20.1. The lowest BCUT2D eigenvalue weighted by Crippen LogP contribution is -2.48. The molecule has 1 aliphatic carbocycles. The summed E-state index contributed by atoms with van der Waals surface area (Å²) < 4.78 is 19.6. The van der Waals surface area contributed by atoms with E-state index in [1.807, 2.05) is 29.2 Å². The molecule has 2 aliphatic heterocycles. The smallest absolute Gasteiger partial charge is 0.253 e. The van der Waals surface area contributed by atoms with Gasteiger partial charge in [-0.25, -0.2) is 4.39 Å². The molecule has 2 bridgehead atoms. The summed E-state index contributed by atoms with van der Waals surface area (Å²) in [6.07, 6.45) is 8.19.